The van der Waals surface area contributed by atoms with Gasteiger partial charge in [0, 0.05) is 38.3 Å². The Labute approximate surface area is 182 Å². The normalized spacial score (nSPS) is 19.4. The van der Waals surface area contributed by atoms with Crippen LogP contribution in [0.2, 0.25) is 0 Å². The Morgan fingerprint density at radius 2 is 2.00 bits per heavy atom. The first-order valence-corrected chi connectivity index (χ1v) is 11.1. The maximum absolute atomic E-state index is 13.1. The van der Waals surface area contributed by atoms with Crippen LogP contribution in [-0.4, -0.2) is 63.6 Å². The van der Waals surface area contributed by atoms with Crippen LogP contribution in [0.5, 0.6) is 0 Å². The van der Waals surface area contributed by atoms with Crippen LogP contribution in [0.3, 0.4) is 0 Å². The number of fused-ring (bicyclic) bond motifs is 1. The fourth-order valence-electron chi connectivity index (χ4n) is 4.37. The van der Waals surface area contributed by atoms with Crippen molar-refractivity contribution in [3.8, 4) is 0 Å². The van der Waals surface area contributed by atoms with E-state index in [2.05, 4.69) is 22.2 Å². The zero-order valence-corrected chi connectivity index (χ0v) is 18.0. The Balaban J connectivity index is 1.30. The van der Waals surface area contributed by atoms with E-state index in [1.165, 1.54) is 31.4 Å². The molecule has 8 heteroatoms. The first-order chi connectivity index (χ1) is 15.0. The highest BCUT2D eigenvalue weighted by Crippen LogP contribution is 2.18. The van der Waals surface area contributed by atoms with Crippen molar-refractivity contribution in [1.29, 1.82) is 0 Å². The first-order valence-electron chi connectivity index (χ1n) is 11.1. The number of nitrogens with one attached hydrogen (secondary N) is 1. The Bertz CT molecular complexity index is 927. The minimum Gasteiger partial charge on any atom is -0.351 e. The fourth-order valence-corrected chi connectivity index (χ4v) is 4.37. The second kappa shape index (κ2) is 9.60. The van der Waals surface area contributed by atoms with Gasteiger partial charge in [-0.1, -0.05) is 18.6 Å². The molecule has 4 rings (SSSR count). The van der Waals surface area contributed by atoms with E-state index in [1.807, 2.05) is 0 Å². The molecule has 0 spiro atoms. The minimum absolute atomic E-state index is 0.166. The Hall–Kier alpha value is -2.74. The Morgan fingerprint density at radius 3 is 2.77 bits per heavy atom. The summed E-state index contributed by atoms with van der Waals surface area (Å²) in [4.78, 5) is 29.6. The molecule has 3 heterocycles. The number of rotatable bonds is 7. The monoisotopic (exact) mass is 427 g/mol. The van der Waals surface area contributed by atoms with Crippen molar-refractivity contribution < 1.29 is 14.0 Å². The van der Waals surface area contributed by atoms with Crippen molar-refractivity contribution in [3.63, 3.8) is 0 Å². The summed E-state index contributed by atoms with van der Waals surface area (Å²) in [7, 11) is 0. The molecular weight excluding hydrogens is 397 g/mol. The van der Waals surface area contributed by atoms with Gasteiger partial charge in [-0.15, -0.1) is 0 Å². The number of carbonyl (C=O) groups is 2. The highest BCUT2D eigenvalue weighted by molar-refractivity contribution is 5.98. The summed E-state index contributed by atoms with van der Waals surface area (Å²) >= 11 is 0. The van der Waals surface area contributed by atoms with Crippen molar-refractivity contribution in [2.75, 3.05) is 26.2 Å². The lowest BCUT2D eigenvalue weighted by atomic mass is 10.0. The van der Waals surface area contributed by atoms with Crippen LogP contribution < -0.4 is 5.32 Å². The van der Waals surface area contributed by atoms with Crippen LogP contribution in [-0.2, 0) is 13.1 Å². The Morgan fingerprint density at radius 1 is 1.19 bits per heavy atom. The minimum atomic E-state index is -0.298. The summed E-state index contributed by atoms with van der Waals surface area (Å²) in [5.74, 6) is -0.708. The number of benzene rings is 1. The molecule has 7 nitrogen and oxygen atoms in total. The molecule has 1 aromatic heterocycles. The SMILES string of the molecule is C[C@@H]1CCCCN1CCCNC(=O)c1cc2n(n1)CCN(Cc1ccc(F)cc1)C2=O. The third-order valence-corrected chi connectivity index (χ3v) is 6.24. The zero-order valence-electron chi connectivity index (χ0n) is 18.0. The molecule has 0 aliphatic carbocycles. The summed E-state index contributed by atoms with van der Waals surface area (Å²) in [5.41, 5.74) is 1.56. The van der Waals surface area contributed by atoms with E-state index in [-0.39, 0.29) is 23.3 Å². The number of nitrogens with zero attached hydrogens (tertiary/aromatic N) is 4. The van der Waals surface area contributed by atoms with Gasteiger partial charge in [0.15, 0.2) is 5.69 Å². The molecule has 2 aliphatic rings. The van der Waals surface area contributed by atoms with Crippen LogP contribution in [0.15, 0.2) is 30.3 Å². The number of hydrogen-bond donors (Lipinski definition) is 1. The van der Waals surface area contributed by atoms with Gasteiger partial charge in [0.05, 0.1) is 6.54 Å². The second-order valence-corrected chi connectivity index (χ2v) is 8.48. The van der Waals surface area contributed by atoms with E-state index in [4.69, 9.17) is 0 Å². The summed E-state index contributed by atoms with van der Waals surface area (Å²) in [6.07, 6.45) is 4.70. The van der Waals surface area contributed by atoms with E-state index in [9.17, 15) is 14.0 Å². The van der Waals surface area contributed by atoms with Crippen LogP contribution in [0.4, 0.5) is 4.39 Å². The molecule has 0 bridgehead atoms. The highest BCUT2D eigenvalue weighted by atomic mass is 19.1. The number of piperidine rings is 1. The molecule has 1 aromatic carbocycles. The van der Waals surface area contributed by atoms with E-state index in [0.29, 0.717) is 37.9 Å². The molecule has 1 atom stereocenters. The average Bonchev–Trinajstić information content (AvgIpc) is 3.21. The fraction of sp³-hybridized carbons (Fsp3) is 0.522. The third-order valence-electron chi connectivity index (χ3n) is 6.24. The number of hydrogen-bond acceptors (Lipinski definition) is 4. The maximum Gasteiger partial charge on any atom is 0.272 e. The molecule has 2 aromatic rings. The van der Waals surface area contributed by atoms with E-state index in [0.717, 1.165) is 25.1 Å². The summed E-state index contributed by atoms with van der Waals surface area (Å²) in [5, 5.41) is 7.26. The van der Waals surface area contributed by atoms with E-state index in [1.54, 1.807) is 27.8 Å². The number of aromatic nitrogens is 2. The van der Waals surface area contributed by atoms with Crippen molar-refractivity contribution >= 4 is 11.8 Å². The molecule has 1 saturated heterocycles. The van der Waals surface area contributed by atoms with Gasteiger partial charge in [-0.3, -0.25) is 14.3 Å². The Kier molecular flexibility index (Phi) is 6.65. The molecule has 0 saturated carbocycles. The van der Waals surface area contributed by atoms with Crippen LogP contribution in [0.1, 0.15) is 59.1 Å². The molecule has 1 N–H and O–H groups in total. The van der Waals surface area contributed by atoms with Crippen LogP contribution in [0.25, 0.3) is 0 Å². The summed E-state index contributed by atoms with van der Waals surface area (Å²) < 4.78 is 14.7. The summed E-state index contributed by atoms with van der Waals surface area (Å²) in [6.45, 7) is 6.42. The molecule has 31 heavy (non-hydrogen) atoms. The quantitative estimate of drug-likeness (QED) is 0.690. The van der Waals surface area contributed by atoms with Gasteiger partial charge in [-0.05, 0) is 50.4 Å². The molecule has 0 radical (unpaired) electrons. The molecular formula is C23H30FN5O2. The number of amides is 2. The van der Waals surface area contributed by atoms with Crippen LogP contribution in [0, 0.1) is 5.82 Å². The molecule has 0 unspecified atom stereocenters. The first kappa shape index (κ1) is 21.5. The van der Waals surface area contributed by atoms with Gasteiger partial charge in [-0.25, -0.2) is 4.39 Å². The molecule has 1 fully saturated rings. The topological polar surface area (TPSA) is 70.5 Å². The summed E-state index contributed by atoms with van der Waals surface area (Å²) in [6, 6.07) is 8.33. The van der Waals surface area contributed by atoms with Gasteiger partial charge in [0.1, 0.15) is 11.5 Å². The van der Waals surface area contributed by atoms with E-state index < -0.39 is 0 Å². The van der Waals surface area contributed by atoms with Gasteiger partial charge in [-0.2, -0.15) is 5.10 Å². The highest BCUT2D eigenvalue weighted by Gasteiger charge is 2.28. The van der Waals surface area contributed by atoms with Crippen molar-refractivity contribution in [1.82, 2.24) is 24.9 Å². The van der Waals surface area contributed by atoms with Crippen LogP contribution >= 0.6 is 0 Å². The van der Waals surface area contributed by atoms with Crippen molar-refractivity contribution in [2.24, 2.45) is 0 Å². The average molecular weight is 428 g/mol. The lowest BCUT2D eigenvalue weighted by molar-refractivity contribution is 0.0683. The predicted octanol–water partition coefficient (Wildman–Crippen LogP) is 2.67. The van der Waals surface area contributed by atoms with Crippen molar-refractivity contribution in [2.45, 2.75) is 51.7 Å². The lowest BCUT2D eigenvalue weighted by Crippen LogP contribution is -2.39. The predicted molar refractivity (Wildman–Crippen MR) is 115 cm³/mol. The third kappa shape index (κ3) is 5.12. The number of likely N-dealkylation sites (tertiary alicyclic amines) is 1. The lowest BCUT2D eigenvalue weighted by Gasteiger charge is -2.33. The van der Waals surface area contributed by atoms with Gasteiger partial charge >= 0.3 is 0 Å². The smallest absolute Gasteiger partial charge is 0.272 e. The zero-order chi connectivity index (χ0) is 21.8. The number of halogens is 1. The largest absolute Gasteiger partial charge is 0.351 e. The maximum atomic E-state index is 13.1. The number of carbonyl (C=O) groups excluding carboxylic acids is 2. The van der Waals surface area contributed by atoms with Gasteiger partial charge < -0.3 is 15.1 Å². The second-order valence-electron chi connectivity index (χ2n) is 8.48. The molecule has 166 valence electrons. The van der Waals surface area contributed by atoms with Gasteiger partial charge in [0.2, 0.25) is 0 Å². The standard InChI is InChI=1S/C23H30FN5O2/c1-17-5-2-3-11-27(17)12-4-10-25-22(30)20-15-21-23(31)28(13-14-29(21)26-20)16-18-6-8-19(24)9-7-18/h6-9,15,17H,2-5,10-14,16H2,1H3,(H,25,30)/t17-/m1/s1. The van der Waals surface area contributed by atoms with E-state index >= 15 is 0 Å². The molecule has 2 aliphatic heterocycles. The van der Waals surface area contributed by atoms with Gasteiger partial charge in [0.25, 0.3) is 11.8 Å². The van der Waals surface area contributed by atoms with Crippen molar-refractivity contribution in [3.05, 3.63) is 53.1 Å². The molecule has 2 amide bonds.